The van der Waals surface area contributed by atoms with E-state index in [1.54, 1.807) is 30.3 Å². The highest BCUT2D eigenvalue weighted by Gasteiger charge is 2.34. The highest BCUT2D eigenvalue weighted by Crippen LogP contribution is 2.41. The molecular weight excluding hydrogens is 446 g/mol. The molecule has 0 heterocycles. The Morgan fingerprint density at radius 1 is 1.03 bits per heavy atom. The third-order valence-corrected chi connectivity index (χ3v) is 5.11. The lowest BCUT2D eigenvalue weighted by Crippen LogP contribution is -2.07. The van der Waals surface area contributed by atoms with Gasteiger partial charge in [0, 0.05) is 17.7 Å². The molecule has 11 heteroatoms. The summed E-state index contributed by atoms with van der Waals surface area (Å²) in [7, 11) is -3.10. The SMILES string of the molecule is O=[N+]([O-])c1cc(-c2ccccc2)c(Oc2ccc(C(F)(F)F)cc2Cl)cc1[P+](=O)O. The van der Waals surface area contributed by atoms with Crippen molar-refractivity contribution in [3.63, 3.8) is 0 Å². The van der Waals surface area contributed by atoms with Crippen LogP contribution in [0.25, 0.3) is 11.1 Å². The van der Waals surface area contributed by atoms with Gasteiger partial charge < -0.3 is 4.74 Å². The molecule has 0 aliphatic carbocycles. The summed E-state index contributed by atoms with van der Waals surface area (Å²) in [6.45, 7) is 0. The Balaban J connectivity index is 2.17. The zero-order valence-electron chi connectivity index (χ0n) is 14.8. The van der Waals surface area contributed by atoms with E-state index in [2.05, 4.69) is 0 Å². The summed E-state index contributed by atoms with van der Waals surface area (Å²) < 4.78 is 55.8. The van der Waals surface area contributed by atoms with Crippen LogP contribution in [-0.2, 0) is 10.7 Å². The highest BCUT2D eigenvalue weighted by atomic mass is 35.5. The predicted molar refractivity (Wildman–Crippen MR) is 105 cm³/mol. The molecular formula is C19H11ClF3NO5P+. The average Bonchev–Trinajstić information content (AvgIpc) is 2.68. The van der Waals surface area contributed by atoms with Crippen molar-refractivity contribution in [1.82, 2.24) is 0 Å². The molecule has 3 aromatic rings. The Labute approximate surface area is 173 Å². The Morgan fingerprint density at radius 2 is 1.70 bits per heavy atom. The first-order valence-electron chi connectivity index (χ1n) is 8.16. The van der Waals surface area contributed by atoms with Crippen molar-refractivity contribution in [2.24, 2.45) is 0 Å². The van der Waals surface area contributed by atoms with Gasteiger partial charge in [-0.05, 0) is 28.3 Å². The first-order valence-corrected chi connectivity index (χ1v) is 9.75. The monoisotopic (exact) mass is 456 g/mol. The van der Waals surface area contributed by atoms with Crippen molar-refractivity contribution in [2.75, 3.05) is 0 Å². The second-order valence-electron chi connectivity index (χ2n) is 5.98. The van der Waals surface area contributed by atoms with Crippen LogP contribution >= 0.6 is 19.6 Å². The second kappa shape index (κ2) is 8.39. The van der Waals surface area contributed by atoms with Crippen molar-refractivity contribution in [3.8, 4) is 22.6 Å². The van der Waals surface area contributed by atoms with Gasteiger partial charge in [0.1, 0.15) is 11.5 Å². The van der Waals surface area contributed by atoms with Crippen LogP contribution in [0.15, 0.2) is 60.7 Å². The van der Waals surface area contributed by atoms with Crippen molar-refractivity contribution in [2.45, 2.75) is 6.18 Å². The molecule has 0 bridgehead atoms. The molecule has 1 N–H and O–H groups in total. The summed E-state index contributed by atoms with van der Waals surface area (Å²) in [6.07, 6.45) is -4.60. The van der Waals surface area contributed by atoms with E-state index in [0.717, 1.165) is 24.3 Å². The quantitative estimate of drug-likeness (QED) is 0.285. The lowest BCUT2D eigenvalue weighted by molar-refractivity contribution is -0.383. The van der Waals surface area contributed by atoms with Gasteiger partial charge in [-0.1, -0.05) is 41.9 Å². The second-order valence-corrected chi connectivity index (χ2v) is 7.41. The van der Waals surface area contributed by atoms with Gasteiger partial charge in [-0.2, -0.15) is 18.1 Å². The molecule has 0 aromatic heterocycles. The minimum atomic E-state index is -4.60. The molecule has 3 aromatic carbocycles. The average molecular weight is 457 g/mol. The molecule has 6 nitrogen and oxygen atoms in total. The molecule has 0 saturated heterocycles. The number of benzene rings is 3. The fourth-order valence-electron chi connectivity index (χ4n) is 2.66. The van der Waals surface area contributed by atoms with Crippen molar-refractivity contribution in [1.29, 1.82) is 0 Å². The molecule has 0 aliphatic rings. The summed E-state index contributed by atoms with van der Waals surface area (Å²) in [4.78, 5) is 20.0. The molecule has 0 radical (unpaired) electrons. The Kier molecular flexibility index (Phi) is 6.07. The van der Waals surface area contributed by atoms with Gasteiger partial charge in [-0.25, -0.2) is 0 Å². The van der Waals surface area contributed by atoms with E-state index in [0.29, 0.717) is 11.6 Å². The summed E-state index contributed by atoms with van der Waals surface area (Å²) >= 11 is 5.93. The minimum absolute atomic E-state index is 0.0825. The van der Waals surface area contributed by atoms with E-state index in [1.807, 2.05) is 0 Å². The highest BCUT2D eigenvalue weighted by molar-refractivity contribution is 7.47. The Bertz CT molecular complexity index is 1140. The number of nitro benzene ring substituents is 1. The van der Waals surface area contributed by atoms with Crippen LogP contribution in [0.3, 0.4) is 0 Å². The number of nitro groups is 1. The Morgan fingerprint density at radius 3 is 2.23 bits per heavy atom. The first kappa shape index (κ1) is 21.7. The van der Waals surface area contributed by atoms with E-state index in [4.69, 9.17) is 16.3 Å². The molecule has 3 rings (SSSR count). The molecule has 0 spiro atoms. The lowest BCUT2D eigenvalue weighted by Gasteiger charge is -2.14. The van der Waals surface area contributed by atoms with Gasteiger partial charge in [0.25, 0.3) is 0 Å². The first-order chi connectivity index (χ1) is 14.1. The molecule has 154 valence electrons. The molecule has 1 atom stereocenters. The smallest absolute Gasteiger partial charge is 0.455 e. The zero-order valence-corrected chi connectivity index (χ0v) is 16.4. The van der Waals surface area contributed by atoms with Crippen LogP contribution in [-0.4, -0.2) is 9.82 Å². The third kappa shape index (κ3) is 4.59. The lowest BCUT2D eigenvalue weighted by atomic mass is 10.0. The van der Waals surface area contributed by atoms with Gasteiger partial charge in [0.2, 0.25) is 0 Å². The minimum Gasteiger partial charge on any atom is -0.455 e. The molecule has 0 aliphatic heterocycles. The van der Waals surface area contributed by atoms with Crippen LogP contribution in [0.1, 0.15) is 5.56 Å². The van der Waals surface area contributed by atoms with E-state index >= 15 is 0 Å². The number of rotatable bonds is 5. The fraction of sp³-hybridized carbons (Fsp3) is 0.0526. The predicted octanol–water partition coefficient (Wildman–Crippen LogP) is 6.09. The van der Waals surface area contributed by atoms with Gasteiger partial charge in [-0.3, -0.25) is 10.1 Å². The van der Waals surface area contributed by atoms with Gasteiger partial charge in [-0.15, -0.1) is 0 Å². The maximum absolute atomic E-state index is 12.9. The summed E-state index contributed by atoms with van der Waals surface area (Å²) in [5.74, 6) is -0.240. The maximum atomic E-state index is 12.9. The van der Waals surface area contributed by atoms with E-state index < -0.39 is 35.7 Å². The van der Waals surface area contributed by atoms with Crippen LogP contribution in [0.2, 0.25) is 5.02 Å². The van der Waals surface area contributed by atoms with E-state index in [-0.39, 0.29) is 22.1 Å². The zero-order chi connectivity index (χ0) is 22.1. The largest absolute Gasteiger partial charge is 0.553 e. The maximum Gasteiger partial charge on any atom is 0.553 e. The van der Waals surface area contributed by atoms with E-state index in [9.17, 15) is 32.7 Å². The number of alkyl halides is 3. The normalized spacial score (nSPS) is 11.8. The number of ether oxygens (including phenoxy) is 1. The fourth-order valence-corrected chi connectivity index (χ4v) is 3.45. The van der Waals surface area contributed by atoms with E-state index in [1.165, 1.54) is 0 Å². The topological polar surface area (TPSA) is 89.7 Å². The van der Waals surface area contributed by atoms with Crippen molar-refractivity contribution < 1.29 is 32.3 Å². The summed E-state index contributed by atoms with van der Waals surface area (Å²) in [5, 5.41) is 10.5. The number of hydrogen-bond acceptors (Lipinski definition) is 4. The van der Waals surface area contributed by atoms with Crippen LogP contribution in [0.5, 0.6) is 11.5 Å². The van der Waals surface area contributed by atoms with Gasteiger partial charge in [0.05, 0.1) is 15.5 Å². The van der Waals surface area contributed by atoms with Crippen LogP contribution in [0, 0.1) is 10.1 Å². The molecule has 0 saturated carbocycles. The molecule has 0 fully saturated rings. The van der Waals surface area contributed by atoms with Gasteiger partial charge >= 0.3 is 25.2 Å². The number of halogens is 4. The van der Waals surface area contributed by atoms with Gasteiger partial charge in [0.15, 0.2) is 0 Å². The molecule has 30 heavy (non-hydrogen) atoms. The summed E-state index contributed by atoms with van der Waals surface area (Å²) in [6, 6.07) is 12.8. The number of nitrogens with zero attached hydrogens (tertiary/aromatic N) is 1. The third-order valence-electron chi connectivity index (χ3n) is 4.04. The molecule has 1 unspecified atom stereocenters. The number of hydrogen-bond donors (Lipinski definition) is 1. The van der Waals surface area contributed by atoms with Crippen LogP contribution in [0.4, 0.5) is 18.9 Å². The standard InChI is InChI=1S/C19H10ClF3NO5P/c20-14-8-12(19(21,22)23)6-7-16(14)29-17-10-18(30(27)28)15(24(25)26)9-13(17)11-4-2-1-3-5-11/h1-10H/p+1. The van der Waals surface area contributed by atoms with Crippen molar-refractivity contribution >= 4 is 30.6 Å². The Hall–Kier alpha value is -3.00. The summed E-state index contributed by atoms with van der Waals surface area (Å²) in [5.41, 5.74) is -0.897. The van der Waals surface area contributed by atoms with Crippen LogP contribution < -0.4 is 10.0 Å². The van der Waals surface area contributed by atoms with Crippen molar-refractivity contribution in [3.05, 3.63) is 81.4 Å². The molecule has 0 amide bonds.